The van der Waals surface area contributed by atoms with Crippen LogP contribution in [0.5, 0.6) is 0 Å². The van der Waals surface area contributed by atoms with Gasteiger partial charge in [-0.2, -0.15) is 0 Å². The van der Waals surface area contributed by atoms with E-state index in [0.29, 0.717) is 11.4 Å². The minimum atomic E-state index is -0.436. The number of carbonyl (C=O) groups excluding carboxylic acids is 1. The van der Waals surface area contributed by atoms with E-state index in [-0.39, 0.29) is 5.56 Å². The lowest BCUT2D eigenvalue weighted by Gasteiger charge is -2.07. The molecule has 0 fully saturated rings. The van der Waals surface area contributed by atoms with Crippen LogP contribution < -0.4 is 10.9 Å². The maximum atomic E-state index is 12.3. The molecule has 120 valence electrons. The van der Waals surface area contributed by atoms with Crippen LogP contribution in [0.25, 0.3) is 11.3 Å². The molecule has 0 radical (unpaired) electrons. The van der Waals surface area contributed by atoms with Gasteiger partial charge in [0.15, 0.2) is 0 Å². The molecule has 3 aromatic rings. The Hall–Kier alpha value is -2.66. The van der Waals surface area contributed by atoms with Crippen LogP contribution in [0.4, 0.5) is 5.69 Å². The van der Waals surface area contributed by atoms with Gasteiger partial charge in [0.25, 0.3) is 11.5 Å². The molecular weight excluding hydrogens is 368 g/mol. The third-order valence-electron chi connectivity index (χ3n) is 3.59. The van der Waals surface area contributed by atoms with Gasteiger partial charge in [0.2, 0.25) is 0 Å². The first-order chi connectivity index (χ1) is 11.5. The fourth-order valence-corrected chi connectivity index (χ4v) is 2.63. The van der Waals surface area contributed by atoms with E-state index in [1.807, 2.05) is 43.3 Å². The number of H-pyrrole nitrogens is 1. The second kappa shape index (κ2) is 6.84. The molecular formula is C19H15BrN2O2. The molecule has 0 aliphatic heterocycles. The summed E-state index contributed by atoms with van der Waals surface area (Å²) < 4.78 is 0.917. The Labute approximate surface area is 147 Å². The van der Waals surface area contributed by atoms with Crippen LogP contribution in [0.1, 0.15) is 15.9 Å². The predicted molar refractivity (Wildman–Crippen MR) is 99.3 cm³/mol. The monoisotopic (exact) mass is 382 g/mol. The number of carbonyl (C=O) groups is 1. The summed E-state index contributed by atoms with van der Waals surface area (Å²) >= 11 is 3.34. The Balaban J connectivity index is 1.85. The molecule has 0 unspecified atom stereocenters. The number of hydrogen-bond donors (Lipinski definition) is 2. The SMILES string of the molecule is Cc1cccc(-c2ccc(C(=O)Nc3ccc(Br)cc3)c(=O)[nH]2)c1. The fourth-order valence-electron chi connectivity index (χ4n) is 2.37. The molecule has 1 heterocycles. The average Bonchev–Trinajstić information content (AvgIpc) is 2.56. The van der Waals surface area contributed by atoms with Gasteiger partial charge in [0, 0.05) is 15.9 Å². The highest BCUT2D eigenvalue weighted by Gasteiger charge is 2.12. The lowest BCUT2D eigenvalue weighted by Crippen LogP contribution is -2.23. The molecule has 0 saturated carbocycles. The summed E-state index contributed by atoms with van der Waals surface area (Å²) in [5.41, 5.74) is 2.99. The molecule has 3 rings (SSSR count). The van der Waals surface area contributed by atoms with Crippen molar-refractivity contribution in [2.45, 2.75) is 6.92 Å². The topological polar surface area (TPSA) is 62.0 Å². The summed E-state index contributed by atoms with van der Waals surface area (Å²) in [6, 6.07) is 18.3. The van der Waals surface area contributed by atoms with Gasteiger partial charge in [-0.1, -0.05) is 39.7 Å². The molecule has 0 spiro atoms. The van der Waals surface area contributed by atoms with Crippen LogP contribution in [0, 0.1) is 6.92 Å². The summed E-state index contributed by atoms with van der Waals surface area (Å²) in [6.07, 6.45) is 0. The lowest BCUT2D eigenvalue weighted by atomic mass is 10.1. The number of amides is 1. The summed E-state index contributed by atoms with van der Waals surface area (Å²) in [5.74, 6) is -0.436. The zero-order valence-corrected chi connectivity index (χ0v) is 14.6. The van der Waals surface area contributed by atoms with Crippen LogP contribution in [0.2, 0.25) is 0 Å². The van der Waals surface area contributed by atoms with Crippen molar-refractivity contribution in [3.63, 3.8) is 0 Å². The highest BCUT2D eigenvalue weighted by molar-refractivity contribution is 9.10. The van der Waals surface area contributed by atoms with Crippen molar-refractivity contribution < 1.29 is 4.79 Å². The van der Waals surface area contributed by atoms with E-state index < -0.39 is 11.5 Å². The molecule has 0 aliphatic rings. The number of aryl methyl sites for hydroxylation is 1. The van der Waals surface area contributed by atoms with Crippen molar-refractivity contribution in [3.8, 4) is 11.3 Å². The van der Waals surface area contributed by atoms with Gasteiger partial charge in [-0.05, 0) is 55.0 Å². The smallest absolute Gasteiger partial charge is 0.261 e. The van der Waals surface area contributed by atoms with Gasteiger partial charge in [-0.3, -0.25) is 9.59 Å². The highest BCUT2D eigenvalue weighted by atomic mass is 79.9. The quantitative estimate of drug-likeness (QED) is 0.706. The van der Waals surface area contributed by atoms with Crippen LogP contribution >= 0.6 is 15.9 Å². The van der Waals surface area contributed by atoms with Crippen molar-refractivity contribution in [1.82, 2.24) is 4.98 Å². The summed E-state index contributed by atoms with van der Waals surface area (Å²) in [4.78, 5) is 27.3. The number of halogens is 1. The third kappa shape index (κ3) is 3.63. The Bertz CT molecular complexity index is 946. The number of pyridine rings is 1. The normalized spacial score (nSPS) is 10.4. The Morgan fingerprint density at radius 1 is 1.04 bits per heavy atom. The largest absolute Gasteiger partial charge is 0.322 e. The van der Waals surface area contributed by atoms with E-state index in [0.717, 1.165) is 15.6 Å². The van der Waals surface area contributed by atoms with E-state index in [9.17, 15) is 9.59 Å². The van der Waals surface area contributed by atoms with Crippen molar-refractivity contribution >= 4 is 27.5 Å². The van der Waals surface area contributed by atoms with E-state index >= 15 is 0 Å². The minimum Gasteiger partial charge on any atom is -0.322 e. The Kier molecular flexibility index (Phi) is 4.62. The van der Waals surface area contributed by atoms with Crippen LogP contribution in [-0.4, -0.2) is 10.9 Å². The molecule has 2 aromatic carbocycles. The van der Waals surface area contributed by atoms with Crippen LogP contribution in [0.15, 0.2) is 69.9 Å². The van der Waals surface area contributed by atoms with Crippen molar-refractivity contribution in [1.29, 1.82) is 0 Å². The molecule has 0 saturated heterocycles. The number of aromatic nitrogens is 1. The Morgan fingerprint density at radius 2 is 1.79 bits per heavy atom. The van der Waals surface area contributed by atoms with E-state index in [2.05, 4.69) is 26.2 Å². The minimum absolute atomic E-state index is 0.0781. The summed E-state index contributed by atoms with van der Waals surface area (Å²) in [6.45, 7) is 1.99. The van der Waals surface area contributed by atoms with Gasteiger partial charge >= 0.3 is 0 Å². The fraction of sp³-hybridized carbons (Fsp3) is 0.0526. The van der Waals surface area contributed by atoms with E-state index in [4.69, 9.17) is 0 Å². The molecule has 4 nitrogen and oxygen atoms in total. The molecule has 0 bridgehead atoms. The maximum absolute atomic E-state index is 12.3. The average molecular weight is 383 g/mol. The first-order valence-corrected chi connectivity index (χ1v) is 8.19. The molecule has 0 atom stereocenters. The first-order valence-electron chi connectivity index (χ1n) is 7.40. The molecule has 0 aliphatic carbocycles. The molecule has 5 heteroatoms. The molecule has 2 N–H and O–H groups in total. The second-order valence-corrected chi connectivity index (χ2v) is 6.36. The summed E-state index contributed by atoms with van der Waals surface area (Å²) in [7, 11) is 0. The van der Waals surface area contributed by atoms with Crippen LogP contribution in [0.3, 0.4) is 0 Å². The van der Waals surface area contributed by atoms with Crippen molar-refractivity contribution in [2.24, 2.45) is 0 Å². The van der Waals surface area contributed by atoms with Gasteiger partial charge in [0.1, 0.15) is 5.56 Å². The number of hydrogen-bond acceptors (Lipinski definition) is 2. The standard InChI is InChI=1S/C19H15BrN2O2/c1-12-3-2-4-13(11-12)17-10-9-16(19(24)22-17)18(23)21-15-7-5-14(20)6-8-15/h2-11H,1H3,(H,21,23)(H,22,24). The molecule has 1 amide bonds. The zero-order chi connectivity index (χ0) is 17.1. The Morgan fingerprint density at radius 3 is 2.46 bits per heavy atom. The van der Waals surface area contributed by atoms with E-state index in [1.54, 1.807) is 24.3 Å². The van der Waals surface area contributed by atoms with Gasteiger partial charge in [-0.15, -0.1) is 0 Å². The van der Waals surface area contributed by atoms with Crippen molar-refractivity contribution in [3.05, 3.63) is 86.6 Å². The lowest BCUT2D eigenvalue weighted by molar-refractivity contribution is 0.102. The zero-order valence-electron chi connectivity index (χ0n) is 13.0. The first kappa shape index (κ1) is 16.2. The molecule has 1 aromatic heterocycles. The third-order valence-corrected chi connectivity index (χ3v) is 4.11. The van der Waals surface area contributed by atoms with Crippen LogP contribution in [-0.2, 0) is 0 Å². The highest BCUT2D eigenvalue weighted by Crippen LogP contribution is 2.18. The van der Waals surface area contributed by atoms with Gasteiger partial charge in [-0.25, -0.2) is 0 Å². The number of benzene rings is 2. The number of nitrogens with one attached hydrogen (secondary N) is 2. The maximum Gasteiger partial charge on any atom is 0.261 e. The van der Waals surface area contributed by atoms with E-state index in [1.165, 1.54) is 0 Å². The number of anilines is 1. The van der Waals surface area contributed by atoms with Crippen molar-refractivity contribution in [2.75, 3.05) is 5.32 Å². The molecule has 24 heavy (non-hydrogen) atoms. The number of rotatable bonds is 3. The van der Waals surface area contributed by atoms with Gasteiger partial charge in [0.05, 0.1) is 0 Å². The second-order valence-electron chi connectivity index (χ2n) is 5.45. The number of aromatic amines is 1. The van der Waals surface area contributed by atoms with Gasteiger partial charge < -0.3 is 10.3 Å². The predicted octanol–water partition coefficient (Wildman–Crippen LogP) is 4.37. The summed E-state index contributed by atoms with van der Waals surface area (Å²) in [5, 5.41) is 2.71.